The Morgan fingerprint density at radius 3 is 2.39 bits per heavy atom. The molecule has 28 heavy (non-hydrogen) atoms. The highest BCUT2D eigenvalue weighted by atomic mass is 32.2. The largest absolute Gasteiger partial charge is 0.484 e. The number of ether oxygens (including phenoxy) is 1. The minimum Gasteiger partial charge on any atom is -0.484 e. The first-order valence-corrected chi connectivity index (χ1v) is 10.5. The van der Waals surface area contributed by atoms with E-state index in [2.05, 4.69) is 4.90 Å². The Balaban J connectivity index is 1.54. The van der Waals surface area contributed by atoms with Crippen molar-refractivity contribution in [2.75, 3.05) is 18.1 Å². The van der Waals surface area contributed by atoms with Crippen LogP contribution in [0.5, 0.6) is 5.75 Å². The highest BCUT2D eigenvalue weighted by Crippen LogP contribution is 2.38. The minimum atomic E-state index is -3.83. The van der Waals surface area contributed by atoms with E-state index in [1.54, 1.807) is 24.3 Å². The van der Waals surface area contributed by atoms with Gasteiger partial charge in [0.1, 0.15) is 18.5 Å². The summed E-state index contributed by atoms with van der Waals surface area (Å²) in [6, 6.07) is 24.3. The number of para-hydroxylation sites is 3. The number of nitrogens with zero attached hydrogens (tertiary/aromatic N) is 1. The van der Waals surface area contributed by atoms with Crippen LogP contribution in [0, 0.1) is 6.92 Å². The highest BCUT2D eigenvalue weighted by molar-refractivity contribution is 7.86. The van der Waals surface area contributed by atoms with Crippen LogP contribution in [0.25, 0.3) is 0 Å². The second kappa shape index (κ2) is 7.66. The lowest BCUT2D eigenvalue weighted by molar-refractivity contribution is 0.130. The van der Waals surface area contributed by atoms with Crippen molar-refractivity contribution in [1.29, 1.82) is 0 Å². The van der Waals surface area contributed by atoms with Crippen LogP contribution in [0.2, 0.25) is 0 Å². The van der Waals surface area contributed by atoms with Gasteiger partial charge in [-0.2, -0.15) is 8.42 Å². The average molecular weight is 395 g/mol. The van der Waals surface area contributed by atoms with E-state index in [1.165, 1.54) is 0 Å². The van der Waals surface area contributed by atoms with Crippen LogP contribution < -0.4 is 9.64 Å². The quantitative estimate of drug-likeness (QED) is 0.603. The number of anilines is 2. The van der Waals surface area contributed by atoms with Crippen molar-refractivity contribution in [2.24, 2.45) is 0 Å². The van der Waals surface area contributed by atoms with Gasteiger partial charge in [-0.1, -0.05) is 48.0 Å². The van der Waals surface area contributed by atoms with Crippen molar-refractivity contribution in [3.8, 4) is 5.75 Å². The van der Waals surface area contributed by atoms with Gasteiger partial charge in [-0.15, -0.1) is 0 Å². The number of hydrogen-bond donors (Lipinski definition) is 0. The fraction of sp³-hybridized carbons (Fsp3) is 0.182. The summed E-state index contributed by atoms with van der Waals surface area (Å²) >= 11 is 0. The normalized spacial score (nSPS) is 16.3. The number of fused-ring (bicyclic) bond motifs is 1. The van der Waals surface area contributed by atoms with Gasteiger partial charge in [-0.05, 0) is 43.3 Å². The standard InChI is InChI=1S/C22H21NO4S/c1-17-11-13-20(14-12-17)28(24,25)26-16-19-15-23(18-7-3-2-4-8-18)21-9-5-6-10-22(21)27-19/h2-14,19H,15-16H2,1H3. The zero-order chi connectivity index (χ0) is 19.6. The first kappa shape index (κ1) is 18.5. The van der Waals surface area contributed by atoms with Crippen LogP contribution in [0.15, 0.2) is 83.8 Å². The van der Waals surface area contributed by atoms with Gasteiger partial charge in [-0.3, -0.25) is 4.18 Å². The van der Waals surface area contributed by atoms with Gasteiger partial charge in [-0.25, -0.2) is 0 Å². The van der Waals surface area contributed by atoms with Crippen LogP contribution in [0.1, 0.15) is 5.56 Å². The molecule has 0 saturated carbocycles. The minimum absolute atomic E-state index is 0.0616. The molecule has 0 N–H and O–H groups in total. The van der Waals surface area contributed by atoms with Crippen molar-refractivity contribution in [1.82, 2.24) is 0 Å². The summed E-state index contributed by atoms with van der Waals surface area (Å²) in [5.74, 6) is 0.707. The molecule has 1 unspecified atom stereocenters. The van der Waals surface area contributed by atoms with Crippen molar-refractivity contribution < 1.29 is 17.3 Å². The second-order valence-electron chi connectivity index (χ2n) is 6.71. The Bertz CT molecular complexity index is 1050. The van der Waals surface area contributed by atoms with Gasteiger partial charge < -0.3 is 9.64 Å². The molecule has 3 aromatic rings. The SMILES string of the molecule is Cc1ccc(S(=O)(=O)OCC2CN(c3ccccc3)c3ccccc3O2)cc1. The molecule has 0 aliphatic carbocycles. The van der Waals surface area contributed by atoms with E-state index >= 15 is 0 Å². The second-order valence-corrected chi connectivity index (χ2v) is 8.32. The van der Waals surface area contributed by atoms with Crippen LogP contribution in [-0.4, -0.2) is 27.7 Å². The smallest absolute Gasteiger partial charge is 0.297 e. The zero-order valence-electron chi connectivity index (χ0n) is 15.5. The fourth-order valence-corrected chi connectivity index (χ4v) is 4.11. The summed E-state index contributed by atoms with van der Waals surface area (Å²) in [6.45, 7) is 2.33. The highest BCUT2D eigenvalue weighted by Gasteiger charge is 2.28. The first-order valence-electron chi connectivity index (χ1n) is 9.07. The molecule has 0 fully saturated rings. The maximum Gasteiger partial charge on any atom is 0.297 e. The molecule has 0 radical (unpaired) electrons. The number of hydrogen-bond acceptors (Lipinski definition) is 5. The van der Waals surface area contributed by atoms with Gasteiger partial charge in [0.15, 0.2) is 0 Å². The first-order chi connectivity index (χ1) is 13.5. The third kappa shape index (κ3) is 3.88. The van der Waals surface area contributed by atoms with E-state index in [-0.39, 0.29) is 11.5 Å². The van der Waals surface area contributed by atoms with Gasteiger partial charge >= 0.3 is 0 Å². The summed E-state index contributed by atoms with van der Waals surface area (Å²) in [4.78, 5) is 2.26. The van der Waals surface area contributed by atoms with Crippen LogP contribution in [-0.2, 0) is 14.3 Å². The lowest BCUT2D eigenvalue weighted by Crippen LogP contribution is -2.40. The fourth-order valence-electron chi connectivity index (χ4n) is 3.18. The molecule has 6 heteroatoms. The third-order valence-corrected chi connectivity index (χ3v) is 5.92. The molecule has 0 bridgehead atoms. The molecule has 3 aromatic carbocycles. The van der Waals surface area contributed by atoms with E-state index in [9.17, 15) is 8.42 Å². The lowest BCUT2D eigenvalue weighted by atomic mass is 10.1. The Kier molecular flexibility index (Phi) is 5.07. The lowest BCUT2D eigenvalue weighted by Gasteiger charge is -2.36. The molecule has 0 spiro atoms. The molecule has 0 saturated heterocycles. The zero-order valence-corrected chi connectivity index (χ0v) is 16.3. The molecule has 144 valence electrons. The summed E-state index contributed by atoms with van der Waals surface area (Å²) in [5, 5.41) is 0. The maximum absolute atomic E-state index is 12.5. The van der Waals surface area contributed by atoms with Crippen LogP contribution in [0.3, 0.4) is 0 Å². The molecule has 0 amide bonds. The van der Waals surface area contributed by atoms with E-state index < -0.39 is 16.2 Å². The number of benzene rings is 3. The summed E-state index contributed by atoms with van der Waals surface area (Å²) in [5.41, 5.74) is 2.96. The molecular weight excluding hydrogens is 374 g/mol. The van der Waals surface area contributed by atoms with E-state index in [0.29, 0.717) is 12.3 Å². The van der Waals surface area contributed by atoms with Gasteiger partial charge in [0.25, 0.3) is 10.1 Å². The molecule has 4 rings (SSSR count). The summed E-state index contributed by atoms with van der Waals surface area (Å²) in [6.07, 6.45) is -0.421. The monoisotopic (exact) mass is 395 g/mol. The van der Waals surface area contributed by atoms with E-state index in [0.717, 1.165) is 16.9 Å². The summed E-state index contributed by atoms with van der Waals surface area (Å²) < 4.78 is 36.3. The van der Waals surface area contributed by atoms with Crippen LogP contribution in [0.4, 0.5) is 11.4 Å². The van der Waals surface area contributed by atoms with Gasteiger partial charge in [0.05, 0.1) is 17.1 Å². The Labute approximate surface area is 165 Å². The van der Waals surface area contributed by atoms with Crippen LogP contribution >= 0.6 is 0 Å². The molecule has 1 atom stereocenters. The number of aryl methyl sites for hydroxylation is 1. The van der Waals surface area contributed by atoms with E-state index in [1.807, 2.05) is 61.5 Å². The maximum atomic E-state index is 12.5. The topological polar surface area (TPSA) is 55.8 Å². The van der Waals surface area contributed by atoms with Crippen molar-refractivity contribution >= 4 is 21.5 Å². The third-order valence-electron chi connectivity index (χ3n) is 4.62. The average Bonchev–Trinajstić information content (AvgIpc) is 2.73. The molecular formula is C22H21NO4S. The molecule has 1 aliphatic heterocycles. The molecule has 5 nitrogen and oxygen atoms in total. The van der Waals surface area contributed by atoms with Crippen molar-refractivity contribution in [2.45, 2.75) is 17.9 Å². The summed E-state index contributed by atoms with van der Waals surface area (Å²) in [7, 11) is -3.83. The van der Waals surface area contributed by atoms with Gasteiger partial charge in [0.2, 0.25) is 0 Å². The predicted molar refractivity (Wildman–Crippen MR) is 109 cm³/mol. The molecule has 1 aliphatic rings. The predicted octanol–water partition coefficient (Wildman–Crippen LogP) is 4.30. The van der Waals surface area contributed by atoms with Crippen molar-refractivity contribution in [3.63, 3.8) is 0 Å². The van der Waals surface area contributed by atoms with Gasteiger partial charge in [0, 0.05) is 5.69 Å². The Morgan fingerprint density at radius 2 is 1.64 bits per heavy atom. The van der Waals surface area contributed by atoms with E-state index in [4.69, 9.17) is 8.92 Å². The molecule has 1 heterocycles. The van der Waals surface area contributed by atoms with Crippen molar-refractivity contribution in [3.05, 3.63) is 84.4 Å². The number of rotatable bonds is 5. The Morgan fingerprint density at radius 1 is 0.964 bits per heavy atom. The Hall–Kier alpha value is -2.83. The molecule has 0 aromatic heterocycles.